The zero-order chi connectivity index (χ0) is 28.3. The Hall–Kier alpha value is -4.33. The van der Waals surface area contributed by atoms with Crippen molar-refractivity contribution in [1.29, 1.82) is 0 Å². The molecule has 0 bridgehead atoms. The summed E-state index contributed by atoms with van der Waals surface area (Å²) in [6.45, 7) is 0.747. The maximum atomic E-state index is 12.6. The fourth-order valence-electron chi connectivity index (χ4n) is 4.73. The molecule has 8 nitrogen and oxygen atoms in total. The number of rotatable bonds is 11. The molecule has 4 rings (SSSR count). The lowest BCUT2D eigenvalue weighted by molar-refractivity contribution is -0.116. The second-order valence-corrected chi connectivity index (χ2v) is 9.83. The zero-order valence-corrected chi connectivity index (χ0v) is 22.9. The molecule has 1 aliphatic carbocycles. The summed E-state index contributed by atoms with van der Waals surface area (Å²) in [7, 11) is 2.44. The molecule has 0 saturated heterocycles. The van der Waals surface area contributed by atoms with Crippen molar-refractivity contribution in [2.24, 2.45) is 5.92 Å². The molecule has 0 unspecified atom stereocenters. The Morgan fingerprint density at radius 1 is 0.775 bits per heavy atom. The van der Waals surface area contributed by atoms with Crippen molar-refractivity contribution in [3.63, 3.8) is 0 Å². The number of benzene rings is 3. The molecule has 1 fully saturated rings. The van der Waals surface area contributed by atoms with E-state index < -0.39 is 11.9 Å². The van der Waals surface area contributed by atoms with Crippen LogP contribution in [0.25, 0.3) is 0 Å². The SMILES string of the molecule is COC(=O)c1ccc(NC(=O)CCc2ccc(Oc3cccc(OCC4CCCCC4)c3)cc2)cc1C(=O)OC. The lowest BCUT2D eigenvalue weighted by Gasteiger charge is -2.21. The quantitative estimate of drug-likeness (QED) is 0.272. The van der Waals surface area contributed by atoms with Gasteiger partial charge in [0.1, 0.15) is 17.2 Å². The summed E-state index contributed by atoms with van der Waals surface area (Å²) in [4.78, 5) is 36.6. The van der Waals surface area contributed by atoms with Gasteiger partial charge in [-0.3, -0.25) is 4.79 Å². The van der Waals surface area contributed by atoms with E-state index in [1.165, 1.54) is 58.5 Å². The minimum absolute atomic E-state index is 0.0176. The molecule has 0 radical (unpaired) electrons. The molecular formula is C32H35NO7. The van der Waals surface area contributed by atoms with Gasteiger partial charge in [-0.15, -0.1) is 0 Å². The third-order valence-electron chi connectivity index (χ3n) is 6.93. The lowest BCUT2D eigenvalue weighted by Crippen LogP contribution is -2.15. The maximum absolute atomic E-state index is 12.6. The highest BCUT2D eigenvalue weighted by atomic mass is 16.5. The van der Waals surface area contributed by atoms with E-state index in [1.807, 2.05) is 48.5 Å². The highest BCUT2D eigenvalue weighted by Gasteiger charge is 2.19. The molecule has 0 heterocycles. The maximum Gasteiger partial charge on any atom is 0.338 e. The lowest BCUT2D eigenvalue weighted by atomic mass is 9.90. The van der Waals surface area contributed by atoms with Gasteiger partial charge in [0.05, 0.1) is 32.0 Å². The van der Waals surface area contributed by atoms with Crippen LogP contribution >= 0.6 is 0 Å². The van der Waals surface area contributed by atoms with Gasteiger partial charge in [0, 0.05) is 18.2 Å². The van der Waals surface area contributed by atoms with Gasteiger partial charge in [0.15, 0.2) is 0 Å². The third kappa shape index (κ3) is 8.09. The number of esters is 2. The first kappa shape index (κ1) is 28.7. The van der Waals surface area contributed by atoms with Crippen LogP contribution in [0.3, 0.4) is 0 Å². The van der Waals surface area contributed by atoms with E-state index in [-0.39, 0.29) is 23.5 Å². The molecule has 40 heavy (non-hydrogen) atoms. The predicted molar refractivity (Wildman–Crippen MR) is 151 cm³/mol. The minimum atomic E-state index is -0.697. The highest BCUT2D eigenvalue weighted by Crippen LogP contribution is 2.28. The van der Waals surface area contributed by atoms with Crippen LogP contribution in [-0.2, 0) is 20.7 Å². The number of amides is 1. The van der Waals surface area contributed by atoms with Crippen molar-refractivity contribution in [1.82, 2.24) is 0 Å². The molecule has 0 aliphatic heterocycles. The first-order valence-corrected chi connectivity index (χ1v) is 13.6. The predicted octanol–water partition coefficient (Wildman–Crippen LogP) is 6.58. The van der Waals surface area contributed by atoms with E-state index >= 15 is 0 Å². The molecule has 1 aliphatic rings. The normalized spacial score (nSPS) is 13.2. The number of methoxy groups -OCH3 is 2. The van der Waals surface area contributed by atoms with Crippen LogP contribution in [0.5, 0.6) is 17.2 Å². The van der Waals surface area contributed by atoms with Gasteiger partial charge in [-0.1, -0.05) is 37.5 Å². The second kappa shape index (κ2) is 14.2. The Bertz CT molecular complexity index is 1310. The molecule has 3 aromatic carbocycles. The van der Waals surface area contributed by atoms with Gasteiger partial charge in [0.2, 0.25) is 5.91 Å². The summed E-state index contributed by atoms with van der Waals surface area (Å²) in [5.74, 6) is 1.25. The fraction of sp³-hybridized carbons (Fsp3) is 0.344. The zero-order valence-electron chi connectivity index (χ0n) is 22.9. The molecular weight excluding hydrogens is 510 g/mol. The Kier molecular flexibility index (Phi) is 10.2. The first-order chi connectivity index (χ1) is 19.4. The van der Waals surface area contributed by atoms with Crippen molar-refractivity contribution in [2.45, 2.75) is 44.9 Å². The minimum Gasteiger partial charge on any atom is -0.493 e. The molecule has 210 valence electrons. The van der Waals surface area contributed by atoms with Gasteiger partial charge in [0.25, 0.3) is 0 Å². The monoisotopic (exact) mass is 545 g/mol. The van der Waals surface area contributed by atoms with E-state index in [2.05, 4.69) is 5.32 Å². The average Bonchev–Trinajstić information content (AvgIpc) is 2.99. The Labute approximate surface area is 234 Å². The van der Waals surface area contributed by atoms with Gasteiger partial charge in [-0.05, 0) is 73.2 Å². The molecule has 3 aromatic rings. The number of hydrogen-bond donors (Lipinski definition) is 1. The largest absolute Gasteiger partial charge is 0.493 e. The van der Waals surface area contributed by atoms with Crippen LogP contribution < -0.4 is 14.8 Å². The molecule has 0 aromatic heterocycles. The van der Waals surface area contributed by atoms with Crippen LogP contribution in [0, 0.1) is 5.92 Å². The number of anilines is 1. The summed E-state index contributed by atoms with van der Waals surface area (Å²) in [5.41, 5.74) is 1.44. The van der Waals surface area contributed by atoms with Gasteiger partial charge < -0.3 is 24.3 Å². The molecule has 8 heteroatoms. The van der Waals surface area contributed by atoms with E-state index in [0.29, 0.717) is 29.5 Å². The molecule has 1 saturated carbocycles. The summed E-state index contributed by atoms with van der Waals surface area (Å²) < 4.78 is 21.5. The van der Waals surface area contributed by atoms with Crippen molar-refractivity contribution in [2.75, 3.05) is 26.1 Å². The Balaban J connectivity index is 1.28. The molecule has 1 N–H and O–H groups in total. The summed E-state index contributed by atoms with van der Waals surface area (Å²) in [6, 6.07) is 19.6. The van der Waals surface area contributed by atoms with Crippen LogP contribution in [0.2, 0.25) is 0 Å². The van der Waals surface area contributed by atoms with Crippen LogP contribution in [0.1, 0.15) is 64.8 Å². The number of aryl methyl sites for hydroxylation is 1. The van der Waals surface area contributed by atoms with Crippen molar-refractivity contribution < 1.29 is 33.3 Å². The van der Waals surface area contributed by atoms with E-state index in [1.54, 1.807) is 6.07 Å². The van der Waals surface area contributed by atoms with E-state index in [9.17, 15) is 14.4 Å². The van der Waals surface area contributed by atoms with Gasteiger partial charge in [-0.2, -0.15) is 0 Å². The topological polar surface area (TPSA) is 100 Å². The smallest absolute Gasteiger partial charge is 0.338 e. The summed E-state index contributed by atoms with van der Waals surface area (Å²) in [6.07, 6.45) is 7.14. The number of carbonyl (C=O) groups excluding carboxylic acids is 3. The summed E-state index contributed by atoms with van der Waals surface area (Å²) in [5, 5.41) is 2.76. The van der Waals surface area contributed by atoms with Gasteiger partial charge in [-0.25, -0.2) is 9.59 Å². The van der Waals surface area contributed by atoms with Crippen LogP contribution in [-0.4, -0.2) is 38.7 Å². The fourth-order valence-corrected chi connectivity index (χ4v) is 4.73. The van der Waals surface area contributed by atoms with Crippen LogP contribution in [0.4, 0.5) is 5.69 Å². The molecule has 1 amide bonds. The third-order valence-corrected chi connectivity index (χ3v) is 6.93. The number of hydrogen-bond acceptors (Lipinski definition) is 7. The number of carbonyl (C=O) groups is 3. The second-order valence-electron chi connectivity index (χ2n) is 9.83. The molecule has 0 atom stereocenters. The van der Waals surface area contributed by atoms with E-state index in [4.69, 9.17) is 18.9 Å². The Morgan fingerprint density at radius 2 is 1.48 bits per heavy atom. The van der Waals surface area contributed by atoms with Crippen molar-refractivity contribution in [3.8, 4) is 17.2 Å². The number of nitrogens with one attached hydrogen (secondary N) is 1. The van der Waals surface area contributed by atoms with Crippen molar-refractivity contribution in [3.05, 3.63) is 83.4 Å². The summed E-state index contributed by atoms with van der Waals surface area (Å²) >= 11 is 0. The number of ether oxygens (including phenoxy) is 4. The first-order valence-electron chi connectivity index (χ1n) is 13.6. The average molecular weight is 546 g/mol. The highest BCUT2D eigenvalue weighted by molar-refractivity contribution is 6.04. The van der Waals surface area contributed by atoms with Crippen molar-refractivity contribution >= 4 is 23.5 Å². The van der Waals surface area contributed by atoms with Gasteiger partial charge >= 0.3 is 11.9 Å². The van der Waals surface area contributed by atoms with Crippen LogP contribution in [0.15, 0.2) is 66.7 Å². The standard InChI is InChI=1S/C32H35NO7/c1-37-31(35)28-17-14-24(19-29(28)32(36)38-2)33-30(34)18-13-22-11-15-25(16-12-22)40-27-10-6-9-26(20-27)39-21-23-7-4-3-5-8-23/h6,9-12,14-17,19-20,23H,3-5,7-8,13,18,21H2,1-2H3,(H,33,34). The van der Waals surface area contributed by atoms with E-state index in [0.717, 1.165) is 17.9 Å². The Morgan fingerprint density at radius 3 is 2.20 bits per heavy atom. The molecule has 0 spiro atoms.